The van der Waals surface area contributed by atoms with Gasteiger partial charge in [0.2, 0.25) is 0 Å². The molecular formula is C28H23F9O3. The largest absolute Gasteiger partial charge is 0.427 e. The number of benzene rings is 3. The van der Waals surface area contributed by atoms with Gasteiger partial charge in [-0.2, -0.15) is 8.78 Å². The molecule has 3 nitrogen and oxygen atoms in total. The van der Waals surface area contributed by atoms with Crippen LogP contribution in [-0.4, -0.2) is 13.2 Å². The molecule has 0 amide bonds. The summed E-state index contributed by atoms with van der Waals surface area (Å²) >= 11 is 0. The first kappa shape index (κ1) is 29.7. The first-order valence-corrected chi connectivity index (χ1v) is 12.3. The van der Waals surface area contributed by atoms with Gasteiger partial charge in [-0.25, -0.2) is 30.7 Å². The summed E-state index contributed by atoms with van der Waals surface area (Å²) in [6.45, 7) is 2.71. The lowest BCUT2D eigenvalue weighted by atomic mass is 10.00. The predicted molar refractivity (Wildman–Crippen MR) is 125 cm³/mol. The Balaban J connectivity index is 1.54. The maximum absolute atomic E-state index is 14.9. The summed E-state index contributed by atoms with van der Waals surface area (Å²) in [6, 6.07) is 2.20. The lowest BCUT2D eigenvalue weighted by molar-refractivity contribution is -0.206. The minimum Gasteiger partial charge on any atom is -0.423 e. The van der Waals surface area contributed by atoms with Crippen LogP contribution in [0.3, 0.4) is 0 Å². The molecule has 1 aliphatic heterocycles. The van der Waals surface area contributed by atoms with Crippen molar-refractivity contribution in [3.8, 4) is 16.9 Å². The molecule has 0 bridgehead atoms. The van der Waals surface area contributed by atoms with Gasteiger partial charge >= 0.3 is 6.11 Å². The summed E-state index contributed by atoms with van der Waals surface area (Å²) in [5.41, 5.74) is -3.13. The molecule has 216 valence electrons. The van der Waals surface area contributed by atoms with E-state index in [9.17, 15) is 39.5 Å². The Labute approximate surface area is 223 Å². The van der Waals surface area contributed by atoms with Gasteiger partial charge in [0.1, 0.15) is 11.6 Å². The van der Waals surface area contributed by atoms with Crippen LogP contribution in [0.1, 0.15) is 50.0 Å². The summed E-state index contributed by atoms with van der Waals surface area (Å²) < 4.78 is 143. The van der Waals surface area contributed by atoms with Gasteiger partial charge in [-0.3, -0.25) is 0 Å². The quantitative estimate of drug-likeness (QED) is 0.144. The zero-order valence-electron chi connectivity index (χ0n) is 21.0. The minimum absolute atomic E-state index is 0.00920. The van der Waals surface area contributed by atoms with Crippen LogP contribution in [0.25, 0.3) is 11.1 Å². The van der Waals surface area contributed by atoms with E-state index in [2.05, 4.69) is 11.7 Å². The molecule has 1 heterocycles. The number of rotatable bonds is 9. The summed E-state index contributed by atoms with van der Waals surface area (Å²) in [4.78, 5) is 0. The lowest BCUT2D eigenvalue weighted by Gasteiger charge is -2.30. The molecule has 0 aromatic heterocycles. The fourth-order valence-corrected chi connectivity index (χ4v) is 4.30. The highest BCUT2D eigenvalue weighted by molar-refractivity contribution is 5.66. The molecule has 0 radical (unpaired) electrons. The van der Waals surface area contributed by atoms with Crippen LogP contribution in [-0.2, 0) is 15.6 Å². The van der Waals surface area contributed by atoms with Gasteiger partial charge in [0.15, 0.2) is 41.1 Å². The van der Waals surface area contributed by atoms with Crippen molar-refractivity contribution in [2.24, 2.45) is 5.92 Å². The zero-order valence-corrected chi connectivity index (χ0v) is 21.0. The molecule has 1 aliphatic rings. The third-order valence-corrected chi connectivity index (χ3v) is 6.36. The van der Waals surface area contributed by atoms with E-state index in [0.29, 0.717) is 25.3 Å². The van der Waals surface area contributed by atoms with Crippen molar-refractivity contribution in [1.82, 2.24) is 0 Å². The van der Waals surface area contributed by atoms with Crippen LogP contribution in [0.2, 0.25) is 0 Å². The van der Waals surface area contributed by atoms with E-state index in [0.717, 1.165) is 37.8 Å². The van der Waals surface area contributed by atoms with Gasteiger partial charge in [0.25, 0.3) is 0 Å². The Bertz CT molecular complexity index is 1300. The fourth-order valence-electron chi connectivity index (χ4n) is 4.30. The summed E-state index contributed by atoms with van der Waals surface area (Å²) in [5, 5.41) is 0. The van der Waals surface area contributed by atoms with Crippen LogP contribution in [0, 0.1) is 46.6 Å². The van der Waals surface area contributed by atoms with Crippen molar-refractivity contribution in [3.63, 3.8) is 0 Å². The van der Waals surface area contributed by atoms with E-state index in [-0.39, 0.29) is 23.6 Å². The highest BCUT2D eigenvalue weighted by Gasteiger charge is 2.39. The third-order valence-electron chi connectivity index (χ3n) is 6.36. The van der Waals surface area contributed by atoms with Gasteiger partial charge in [0.05, 0.1) is 24.3 Å². The van der Waals surface area contributed by atoms with E-state index in [1.54, 1.807) is 0 Å². The number of alkyl halides is 2. The SMILES string of the molecule is CCCCCC1COC(c2cc(F)c(-c3cc(F)c(OC(F)(F)c4cc(F)c(F)c(F)c4)c(F)c3)c(F)c2)OC1. The topological polar surface area (TPSA) is 27.7 Å². The molecular weight excluding hydrogens is 555 g/mol. The van der Waals surface area contributed by atoms with Crippen LogP contribution in [0.5, 0.6) is 5.75 Å². The second-order valence-electron chi connectivity index (χ2n) is 9.36. The van der Waals surface area contributed by atoms with Crippen LogP contribution < -0.4 is 4.74 Å². The molecule has 0 saturated carbocycles. The molecule has 3 aromatic rings. The molecule has 3 aromatic carbocycles. The maximum atomic E-state index is 14.9. The van der Waals surface area contributed by atoms with Crippen molar-refractivity contribution in [2.75, 3.05) is 13.2 Å². The van der Waals surface area contributed by atoms with Gasteiger partial charge in [0, 0.05) is 11.5 Å². The number of halogens is 9. The lowest BCUT2D eigenvalue weighted by Crippen LogP contribution is -2.27. The Morgan fingerprint density at radius 2 is 1.30 bits per heavy atom. The van der Waals surface area contributed by atoms with Crippen molar-refractivity contribution < 1.29 is 53.7 Å². The van der Waals surface area contributed by atoms with Crippen LogP contribution in [0.4, 0.5) is 39.5 Å². The smallest absolute Gasteiger partial charge is 0.423 e. The van der Waals surface area contributed by atoms with Gasteiger partial charge in [-0.1, -0.05) is 26.2 Å². The second kappa shape index (κ2) is 12.1. The highest BCUT2D eigenvalue weighted by Crippen LogP contribution is 2.39. The van der Waals surface area contributed by atoms with Crippen LogP contribution >= 0.6 is 0 Å². The second-order valence-corrected chi connectivity index (χ2v) is 9.36. The monoisotopic (exact) mass is 578 g/mol. The van der Waals surface area contributed by atoms with E-state index < -0.39 is 75.6 Å². The van der Waals surface area contributed by atoms with Crippen molar-refractivity contribution in [3.05, 3.63) is 88.2 Å². The Hall–Kier alpha value is -3.25. The Morgan fingerprint density at radius 3 is 1.82 bits per heavy atom. The molecule has 1 saturated heterocycles. The van der Waals surface area contributed by atoms with E-state index in [1.807, 2.05) is 0 Å². The number of hydrogen-bond donors (Lipinski definition) is 0. The molecule has 4 rings (SSSR count). The Morgan fingerprint density at radius 1 is 0.750 bits per heavy atom. The molecule has 12 heteroatoms. The number of ether oxygens (including phenoxy) is 3. The fraction of sp³-hybridized carbons (Fsp3) is 0.357. The summed E-state index contributed by atoms with van der Waals surface area (Å²) in [5.74, 6) is -13.6. The zero-order chi connectivity index (χ0) is 29.2. The average Bonchev–Trinajstić information content (AvgIpc) is 2.89. The van der Waals surface area contributed by atoms with E-state index in [4.69, 9.17) is 9.47 Å². The van der Waals surface area contributed by atoms with Gasteiger partial charge in [-0.15, -0.1) is 0 Å². The molecule has 1 fully saturated rings. The van der Waals surface area contributed by atoms with Crippen molar-refractivity contribution in [1.29, 1.82) is 0 Å². The maximum Gasteiger partial charge on any atom is 0.427 e. The normalized spacial score (nSPS) is 17.8. The number of unbranched alkanes of at least 4 members (excludes halogenated alkanes) is 2. The van der Waals surface area contributed by atoms with Gasteiger partial charge < -0.3 is 14.2 Å². The van der Waals surface area contributed by atoms with Crippen molar-refractivity contribution >= 4 is 0 Å². The van der Waals surface area contributed by atoms with E-state index >= 15 is 0 Å². The summed E-state index contributed by atoms with van der Waals surface area (Å²) in [6.07, 6.45) is -1.80. The Kier molecular flexibility index (Phi) is 8.99. The molecule has 0 aliphatic carbocycles. The predicted octanol–water partition coefficient (Wildman–Crippen LogP) is 8.70. The minimum atomic E-state index is -4.72. The van der Waals surface area contributed by atoms with E-state index in [1.165, 1.54) is 0 Å². The van der Waals surface area contributed by atoms with Gasteiger partial charge in [-0.05, 0) is 48.4 Å². The first-order chi connectivity index (χ1) is 18.9. The molecule has 0 unspecified atom stereocenters. The standard InChI is InChI=1S/C28H23F9O3/c1-2-3-4-5-14-12-38-27(39-13-14)16-8-18(29)24(19(30)9-16)15-6-22(33)26(23(34)7-15)40-28(36,37)17-10-20(31)25(35)21(32)11-17/h6-11,14,27H,2-5,12-13H2,1H3. The summed E-state index contributed by atoms with van der Waals surface area (Å²) in [7, 11) is 0. The third kappa shape index (κ3) is 6.38. The molecule has 0 atom stereocenters. The molecule has 40 heavy (non-hydrogen) atoms. The number of hydrogen-bond acceptors (Lipinski definition) is 3. The van der Waals surface area contributed by atoms with Crippen LogP contribution in [0.15, 0.2) is 36.4 Å². The average molecular weight is 578 g/mol. The molecule has 0 spiro atoms. The highest BCUT2D eigenvalue weighted by atomic mass is 19.3. The molecule has 0 N–H and O–H groups in total. The van der Waals surface area contributed by atoms with Crippen molar-refractivity contribution in [2.45, 2.75) is 45.0 Å². The first-order valence-electron chi connectivity index (χ1n) is 12.3.